The average molecular weight is 495 g/mol. The van der Waals surface area contributed by atoms with Crippen LogP contribution in [-0.4, -0.2) is 45.6 Å². The number of nitriles is 1. The Bertz CT molecular complexity index is 1250. The number of aromatic amines is 1. The summed E-state index contributed by atoms with van der Waals surface area (Å²) in [5.41, 5.74) is 0.641. The Morgan fingerprint density at radius 2 is 2.00 bits per heavy atom. The SMILES string of the molecule is CC(C)(C)OC(=O)N1C2CCC(C2)C1C(=O)NC(C#N)CCc1ccc(-c2cc[nH]c(=O)c2)cc1F. The van der Waals surface area contributed by atoms with E-state index in [1.807, 2.05) is 0 Å². The largest absolute Gasteiger partial charge is 0.444 e. The standard InChI is InChI=1S/C27H31FN4O4/c1-27(2,3)36-26(35)32-21-9-7-19(12-21)24(32)25(34)31-20(15-29)8-6-16-4-5-17(13-22(16)28)18-10-11-30-23(33)14-18/h4-5,10-11,13-14,19-21,24H,6-9,12H2,1-3H3,(H,30,33)(H,31,34). The van der Waals surface area contributed by atoms with Gasteiger partial charge >= 0.3 is 6.09 Å². The molecule has 36 heavy (non-hydrogen) atoms. The van der Waals surface area contributed by atoms with E-state index in [4.69, 9.17) is 4.74 Å². The lowest BCUT2D eigenvalue weighted by atomic mass is 9.97. The van der Waals surface area contributed by atoms with Crippen LogP contribution >= 0.6 is 0 Å². The number of H-pyrrole nitrogens is 1. The van der Waals surface area contributed by atoms with Crippen LogP contribution in [0.3, 0.4) is 0 Å². The molecule has 9 heteroatoms. The fourth-order valence-electron chi connectivity index (χ4n) is 5.18. The molecule has 4 atom stereocenters. The summed E-state index contributed by atoms with van der Waals surface area (Å²) in [4.78, 5) is 41.6. The zero-order valence-electron chi connectivity index (χ0n) is 20.7. The van der Waals surface area contributed by atoms with Crippen molar-refractivity contribution in [2.45, 2.75) is 76.6 Å². The number of carbonyl (C=O) groups is 2. The van der Waals surface area contributed by atoms with Gasteiger partial charge in [0.15, 0.2) is 0 Å². The van der Waals surface area contributed by atoms with Crippen molar-refractivity contribution >= 4 is 12.0 Å². The Kier molecular flexibility index (Phi) is 7.16. The molecule has 2 aromatic rings. The molecular weight excluding hydrogens is 463 g/mol. The third kappa shape index (κ3) is 5.59. The maximum Gasteiger partial charge on any atom is 0.411 e. The maximum atomic E-state index is 14.8. The Morgan fingerprint density at radius 1 is 1.25 bits per heavy atom. The number of benzene rings is 1. The highest BCUT2D eigenvalue weighted by molar-refractivity contribution is 5.87. The minimum atomic E-state index is -0.830. The summed E-state index contributed by atoms with van der Waals surface area (Å²) in [6.45, 7) is 5.35. The number of amides is 2. The van der Waals surface area contributed by atoms with Crippen molar-refractivity contribution in [2.24, 2.45) is 5.92 Å². The molecule has 4 unspecified atom stereocenters. The molecule has 2 amide bonds. The number of carbonyl (C=O) groups excluding carboxylic acids is 2. The third-order valence-corrected chi connectivity index (χ3v) is 6.79. The molecule has 1 aliphatic heterocycles. The molecule has 2 aliphatic rings. The van der Waals surface area contributed by atoms with E-state index in [0.717, 1.165) is 19.3 Å². The second-order valence-corrected chi connectivity index (χ2v) is 10.5. The molecule has 1 saturated carbocycles. The minimum absolute atomic E-state index is 0.0334. The van der Waals surface area contributed by atoms with Gasteiger partial charge < -0.3 is 15.0 Å². The van der Waals surface area contributed by atoms with Gasteiger partial charge in [-0.1, -0.05) is 12.1 Å². The van der Waals surface area contributed by atoms with Crippen LogP contribution in [0, 0.1) is 23.1 Å². The number of nitrogens with one attached hydrogen (secondary N) is 2. The fraction of sp³-hybridized carbons (Fsp3) is 0.481. The number of pyridine rings is 1. The Labute approximate surface area is 209 Å². The van der Waals surface area contributed by atoms with Crippen LogP contribution in [0.2, 0.25) is 0 Å². The third-order valence-electron chi connectivity index (χ3n) is 6.79. The molecule has 2 heterocycles. The maximum absolute atomic E-state index is 14.8. The van der Waals surface area contributed by atoms with E-state index < -0.39 is 29.6 Å². The van der Waals surface area contributed by atoms with Crippen LogP contribution in [0.25, 0.3) is 11.1 Å². The number of aryl methyl sites for hydroxylation is 1. The monoisotopic (exact) mass is 494 g/mol. The van der Waals surface area contributed by atoms with Crippen LogP contribution in [0.4, 0.5) is 9.18 Å². The van der Waals surface area contributed by atoms with Crippen molar-refractivity contribution in [1.82, 2.24) is 15.2 Å². The van der Waals surface area contributed by atoms with Crippen molar-refractivity contribution in [1.29, 1.82) is 5.26 Å². The van der Waals surface area contributed by atoms with Gasteiger partial charge in [-0.3, -0.25) is 14.5 Å². The molecule has 1 aliphatic carbocycles. The van der Waals surface area contributed by atoms with Gasteiger partial charge in [0, 0.05) is 18.3 Å². The predicted molar refractivity (Wildman–Crippen MR) is 131 cm³/mol. The van der Waals surface area contributed by atoms with Crippen molar-refractivity contribution in [3.8, 4) is 17.2 Å². The van der Waals surface area contributed by atoms with Crippen LogP contribution in [0.15, 0.2) is 41.3 Å². The average Bonchev–Trinajstić information content (AvgIpc) is 3.43. The zero-order valence-corrected chi connectivity index (χ0v) is 20.7. The highest BCUT2D eigenvalue weighted by atomic mass is 19.1. The number of nitrogens with zero attached hydrogens (tertiary/aromatic N) is 2. The normalized spacial score (nSPS) is 21.6. The highest BCUT2D eigenvalue weighted by Crippen LogP contribution is 2.43. The van der Waals surface area contributed by atoms with Gasteiger partial charge in [-0.15, -0.1) is 0 Å². The lowest BCUT2D eigenvalue weighted by molar-refractivity contribution is -0.128. The second kappa shape index (κ2) is 10.1. The molecule has 8 nitrogen and oxygen atoms in total. The van der Waals surface area contributed by atoms with E-state index in [1.165, 1.54) is 23.2 Å². The van der Waals surface area contributed by atoms with E-state index in [0.29, 0.717) is 16.7 Å². The topological polar surface area (TPSA) is 115 Å². The lowest BCUT2D eigenvalue weighted by Gasteiger charge is -2.35. The molecule has 2 bridgehead atoms. The second-order valence-electron chi connectivity index (χ2n) is 10.5. The number of rotatable bonds is 6. The molecule has 1 saturated heterocycles. The number of halogens is 1. The van der Waals surface area contributed by atoms with Gasteiger partial charge in [-0.25, -0.2) is 9.18 Å². The van der Waals surface area contributed by atoms with Gasteiger partial charge in [0.1, 0.15) is 23.5 Å². The van der Waals surface area contributed by atoms with Crippen LogP contribution < -0.4 is 10.9 Å². The summed E-state index contributed by atoms with van der Waals surface area (Å²) < 4.78 is 20.3. The first kappa shape index (κ1) is 25.4. The summed E-state index contributed by atoms with van der Waals surface area (Å²) in [7, 11) is 0. The summed E-state index contributed by atoms with van der Waals surface area (Å²) >= 11 is 0. The predicted octanol–water partition coefficient (Wildman–Crippen LogP) is 3.91. The first-order chi connectivity index (χ1) is 17.1. The van der Waals surface area contributed by atoms with Crippen LogP contribution in [0.5, 0.6) is 0 Å². The van der Waals surface area contributed by atoms with Gasteiger partial charge in [-0.05, 0) is 87.6 Å². The summed E-state index contributed by atoms with van der Waals surface area (Å²) in [5, 5.41) is 12.4. The van der Waals surface area contributed by atoms with E-state index in [2.05, 4.69) is 16.4 Å². The Balaban J connectivity index is 1.40. The van der Waals surface area contributed by atoms with Crippen molar-refractivity contribution in [3.63, 3.8) is 0 Å². The molecule has 2 fully saturated rings. The quantitative estimate of drug-likeness (QED) is 0.632. The molecule has 190 valence electrons. The van der Waals surface area contributed by atoms with Gasteiger partial charge in [0.05, 0.1) is 6.07 Å². The summed E-state index contributed by atoms with van der Waals surface area (Å²) in [6, 6.07) is 8.35. The zero-order chi connectivity index (χ0) is 26.0. The summed E-state index contributed by atoms with van der Waals surface area (Å²) in [6.07, 6.45) is 3.89. The smallest absolute Gasteiger partial charge is 0.411 e. The lowest BCUT2D eigenvalue weighted by Crippen LogP contribution is -2.55. The number of ether oxygens (including phenoxy) is 1. The van der Waals surface area contributed by atoms with E-state index in [-0.39, 0.29) is 36.3 Å². The summed E-state index contributed by atoms with van der Waals surface area (Å²) in [5.74, 6) is -0.776. The number of hydrogen-bond donors (Lipinski definition) is 2. The molecule has 0 radical (unpaired) electrons. The fourth-order valence-corrected chi connectivity index (χ4v) is 5.18. The minimum Gasteiger partial charge on any atom is -0.444 e. The molecule has 1 aromatic heterocycles. The number of hydrogen-bond acceptors (Lipinski definition) is 5. The van der Waals surface area contributed by atoms with Crippen molar-refractivity contribution in [2.75, 3.05) is 0 Å². The van der Waals surface area contributed by atoms with Gasteiger partial charge in [0.2, 0.25) is 11.5 Å². The Hall–Kier alpha value is -3.67. The Morgan fingerprint density at radius 3 is 2.67 bits per heavy atom. The molecule has 0 spiro atoms. The van der Waals surface area contributed by atoms with Crippen molar-refractivity contribution in [3.05, 3.63) is 58.3 Å². The van der Waals surface area contributed by atoms with E-state index in [9.17, 15) is 24.0 Å². The van der Waals surface area contributed by atoms with Gasteiger partial charge in [0.25, 0.3) is 0 Å². The molecular formula is C27H31FN4O4. The van der Waals surface area contributed by atoms with Crippen LogP contribution in [-0.2, 0) is 16.0 Å². The molecule has 1 aromatic carbocycles. The first-order valence-corrected chi connectivity index (χ1v) is 12.2. The highest BCUT2D eigenvalue weighted by Gasteiger charge is 2.52. The van der Waals surface area contributed by atoms with E-state index >= 15 is 0 Å². The first-order valence-electron chi connectivity index (χ1n) is 12.2. The number of piperidine rings is 1. The van der Waals surface area contributed by atoms with Gasteiger partial charge in [-0.2, -0.15) is 5.26 Å². The van der Waals surface area contributed by atoms with Crippen molar-refractivity contribution < 1.29 is 18.7 Å². The van der Waals surface area contributed by atoms with E-state index in [1.54, 1.807) is 39.0 Å². The number of fused-ring (bicyclic) bond motifs is 2. The number of likely N-dealkylation sites (tertiary alicyclic amines) is 1. The van der Waals surface area contributed by atoms with Crippen LogP contribution in [0.1, 0.15) is 52.0 Å². The molecule has 2 N–H and O–H groups in total. The number of aromatic nitrogens is 1. The molecule has 4 rings (SSSR count).